The summed E-state index contributed by atoms with van der Waals surface area (Å²) in [5.74, 6) is 2.64. The highest BCUT2D eigenvalue weighted by molar-refractivity contribution is 7.10. The lowest BCUT2D eigenvalue weighted by Crippen LogP contribution is -2.10. The molecule has 2 aromatic rings. The first kappa shape index (κ1) is 11.2. The average Bonchev–Trinajstić information content (AvgIpc) is 2.84. The van der Waals surface area contributed by atoms with Gasteiger partial charge in [-0.2, -0.15) is 0 Å². The van der Waals surface area contributed by atoms with Gasteiger partial charge < -0.3 is 14.9 Å². The third kappa shape index (κ3) is 1.99. The smallest absolute Gasteiger partial charge is 0.129 e. The van der Waals surface area contributed by atoms with Gasteiger partial charge in [-0.25, -0.2) is 0 Å². The largest absolute Gasteiger partial charge is 0.496 e. The Labute approximate surface area is 98.8 Å². The van der Waals surface area contributed by atoms with Gasteiger partial charge in [-0.05, 0) is 26.0 Å². The molecule has 0 bridgehead atoms. The number of hydrogen-bond donors (Lipinski definition) is 1. The third-order valence-corrected chi connectivity index (χ3v) is 3.55. The second-order valence-corrected chi connectivity index (χ2v) is 4.68. The molecular weight excluding hydrogens is 222 g/mol. The maximum Gasteiger partial charge on any atom is 0.129 e. The molecule has 0 aromatic carbocycles. The van der Waals surface area contributed by atoms with Crippen molar-refractivity contribution in [1.82, 2.24) is 0 Å². The molecule has 0 aliphatic rings. The Balaban J connectivity index is 2.31. The van der Waals surface area contributed by atoms with Crippen LogP contribution in [0.5, 0.6) is 5.75 Å². The Morgan fingerprint density at radius 2 is 2.12 bits per heavy atom. The fraction of sp³-hybridized carbons (Fsp3) is 0.333. The molecule has 1 unspecified atom stereocenters. The first-order valence-electron chi connectivity index (χ1n) is 5.06. The summed E-state index contributed by atoms with van der Waals surface area (Å²) < 4.78 is 10.6. The van der Waals surface area contributed by atoms with E-state index in [2.05, 4.69) is 0 Å². The van der Waals surface area contributed by atoms with Crippen LogP contribution >= 0.6 is 11.3 Å². The molecule has 0 fully saturated rings. The number of aryl methyl sites for hydroxylation is 2. The number of hydrogen-bond acceptors (Lipinski definition) is 4. The van der Waals surface area contributed by atoms with Gasteiger partial charge in [0, 0.05) is 15.8 Å². The van der Waals surface area contributed by atoms with Crippen molar-refractivity contribution in [1.29, 1.82) is 0 Å². The Kier molecular flexibility index (Phi) is 3.03. The van der Waals surface area contributed by atoms with E-state index in [1.54, 1.807) is 18.4 Å². The molecule has 0 saturated carbocycles. The second-order valence-electron chi connectivity index (χ2n) is 3.74. The van der Waals surface area contributed by atoms with Crippen LogP contribution in [-0.4, -0.2) is 7.11 Å². The van der Waals surface area contributed by atoms with E-state index in [1.807, 2.05) is 31.4 Å². The molecule has 0 radical (unpaired) electrons. The summed E-state index contributed by atoms with van der Waals surface area (Å²) in [6.07, 6.45) is 0. The maximum absolute atomic E-state index is 6.19. The van der Waals surface area contributed by atoms with Crippen LogP contribution in [0.3, 0.4) is 0 Å². The number of ether oxygens (including phenoxy) is 1. The fourth-order valence-electron chi connectivity index (χ4n) is 1.72. The van der Waals surface area contributed by atoms with Crippen molar-refractivity contribution < 1.29 is 9.15 Å². The molecule has 2 aromatic heterocycles. The molecule has 0 saturated heterocycles. The van der Waals surface area contributed by atoms with Crippen LogP contribution in [0.25, 0.3) is 0 Å². The minimum absolute atomic E-state index is 0.133. The average molecular weight is 237 g/mol. The van der Waals surface area contributed by atoms with Crippen LogP contribution in [0.2, 0.25) is 0 Å². The zero-order valence-electron chi connectivity index (χ0n) is 9.61. The summed E-state index contributed by atoms with van der Waals surface area (Å²) in [7, 11) is 1.66. The van der Waals surface area contributed by atoms with E-state index in [-0.39, 0.29) is 6.04 Å². The quantitative estimate of drug-likeness (QED) is 0.892. The van der Waals surface area contributed by atoms with E-state index >= 15 is 0 Å². The van der Waals surface area contributed by atoms with Gasteiger partial charge in [0.05, 0.1) is 13.2 Å². The van der Waals surface area contributed by atoms with E-state index in [1.165, 1.54) is 0 Å². The molecule has 2 heterocycles. The normalized spacial score (nSPS) is 12.8. The summed E-state index contributed by atoms with van der Waals surface area (Å²) >= 11 is 1.60. The molecule has 0 aliphatic carbocycles. The molecule has 86 valence electrons. The van der Waals surface area contributed by atoms with Gasteiger partial charge in [0.25, 0.3) is 0 Å². The van der Waals surface area contributed by atoms with E-state index in [0.29, 0.717) is 0 Å². The minimum atomic E-state index is -0.133. The number of furan rings is 1. The van der Waals surface area contributed by atoms with Crippen LogP contribution in [0.1, 0.15) is 28.0 Å². The lowest BCUT2D eigenvalue weighted by molar-refractivity contribution is 0.416. The van der Waals surface area contributed by atoms with Gasteiger partial charge in [-0.3, -0.25) is 0 Å². The number of methoxy groups -OCH3 is 1. The topological polar surface area (TPSA) is 48.4 Å². The Morgan fingerprint density at radius 3 is 2.62 bits per heavy atom. The third-order valence-electron chi connectivity index (χ3n) is 2.55. The molecule has 2 N–H and O–H groups in total. The molecule has 4 heteroatoms. The highest BCUT2D eigenvalue weighted by Crippen LogP contribution is 2.31. The molecule has 0 amide bonds. The predicted octanol–water partition coefficient (Wildman–Crippen LogP) is 3.01. The monoisotopic (exact) mass is 237 g/mol. The minimum Gasteiger partial charge on any atom is -0.496 e. The summed E-state index contributed by atoms with van der Waals surface area (Å²) in [4.78, 5) is 1.08. The summed E-state index contributed by atoms with van der Waals surface area (Å²) in [5, 5.41) is 1.96. The van der Waals surface area contributed by atoms with Gasteiger partial charge >= 0.3 is 0 Å². The van der Waals surface area contributed by atoms with Gasteiger partial charge in [0.15, 0.2) is 0 Å². The van der Waals surface area contributed by atoms with Crippen LogP contribution in [0.15, 0.2) is 21.9 Å². The lowest BCUT2D eigenvalue weighted by Gasteiger charge is -2.07. The molecule has 2 rings (SSSR count). The van der Waals surface area contributed by atoms with Crippen LogP contribution in [0.4, 0.5) is 0 Å². The Morgan fingerprint density at radius 1 is 1.38 bits per heavy atom. The van der Waals surface area contributed by atoms with Gasteiger partial charge in [0.1, 0.15) is 17.3 Å². The summed E-state index contributed by atoms with van der Waals surface area (Å²) in [6, 6.07) is 3.83. The van der Waals surface area contributed by atoms with E-state index in [9.17, 15) is 0 Å². The molecule has 0 aliphatic heterocycles. The van der Waals surface area contributed by atoms with Crippen molar-refractivity contribution in [3.63, 3.8) is 0 Å². The van der Waals surface area contributed by atoms with Crippen LogP contribution < -0.4 is 10.5 Å². The zero-order chi connectivity index (χ0) is 11.7. The van der Waals surface area contributed by atoms with E-state index in [0.717, 1.165) is 27.7 Å². The Hall–Kier alpha value is -1.26. The van der Waals surface area contributed by atoms with Crippen molar-refractivity contribution >= 4 is 11.3 Å². The van der Waals surface area contributed by atoms with Crippen LogP contribution in [0, 0.1) is 13.8 Å². The first-order chi connectivity index (χ1) is 7.61. The summed E-state index contributed by atoms with van der Waals surface area (Å²) in [5.41, 5.74) is 7.24. The molecule has 16 heavy (non-hydrogen) atoms. The molecule has 1 atom stereocenters. The highest BCUT2D eigenvalue weighted by Gasteiger charge is 2.17. The van der Waals surface area contributed by atoms with Crippen molar-refractivity contribution in [2.45, 2.75) is 19.9 Å². The van der Waals surface area contributed by atoms with Gasteiger partial charge in [-0.15, -0.1) is 11.3 Å². The number of nitrogens with two attached hydrogens (primary N) is 1. The summed E-state index contributed by atoms with van der Waals surface area (Å²) in [6.45, 7) is 3.87. The number of thiophene rings is 1. The van der Waals surface area contributed by atoms with Crippen molar-refractivity contribution in [3.05, 3.63) is 39.5 Å². The van der Waals surface area contributed by atoms with E-state index < -0.39 is 0 Å². The van der Waals surface area contributed by atoms with Crippen molar-refractivity contribution in [2.75, 3.05) is 7.11 Å². The standard InChI is InChI=1S/C12H15NO2S/c1-7-4-10(8(2)15-7)12(13)11-5-9(14-3)6-16-11/h4-6,12H,13H2,1-3H3. The molecule has 0 spiro atoms. The SMILES string of the molecule is COc1csc(C(N)c2cc(C)oc2C)c1. The van der Waals surface area contributed by atoms with Gasteiger partial charge in [-0.1, -0.05) is 0 Å². The van der Waals surface area contributed by atoms with Crippen LogP contribution in [-0.2, 0) is 0 Å². The molecule has 3 nitrogen and oxygen atoms in total. The Bertz CT molecular complexity index is 487. The van der Waals surface area contributed by atoms with Crippen molar-refractivity contribution in [2.24, 2.45) is 5.73 Å². The lowest BCUT2D eigenvalue weighted by atomic mass is 10.1. The molecular formula is C12H15NO2S. The van der Waals surface area contributed by atoms with Crippen molar-refractivity contribution in [3.8, 4) is 5.75 Å². The number of rotatable bonds is 3. The zero-order valence-corrected chi connectivity index (χ0v) is 10.4. The predicted molar refractivity (Wildman–Crippen MR) is 65.1 cm³/mol. The van der Waals surface area contributed by atoms with E-state index in [4.69, 9.17) is 14.9 Å². The highest BCUT2D eigenvalue weighted by atomic mass is 32.1. The maximum atomic E-state index is 6.19. The first-order valence-corrected chi connectivity index (χ1v) is 5.94. The van der Waals surface area contributed by atoms with Gasteiger partial charge in [0.2, 0.25) is 0 Å². The fourth-order valence-corrected chi connectivity index (χ4v) is 2.59. The second kappa shape index (κ2) is 4.31.